The Balaban J connectivity index is 1.40. The topological polar surface area (TPSA) is 128 Å². The highest BCUT2D eigenvalue weighted by atomic mass is 16.5. The third-order valence-electron chi connectivity index (χ3n) is 8.11. The van der Waals surface area contributed by atoms with Crippen LogP contribution < -0.4 is 16.6 Å². The molecule has 2 atom stereocenters. The molecule has 0 radical (unpaired) electrons. The number of aromatic nitrogens is 4. The fourth-order valence-corrected chi connectivity index (χ4v) is 7.25. The zero-order chi connectivity index (χ0) is 24.3. The van der Waals surface area contributed by atoms with E-state index in [4.69, 9.17) is 4.74 Å². The summed E-state index contributed by atoms with van der Waals surface area (Å²) < 4.78 is 8.90. The minimum absolute atomic E-state index is 0.0514. The van der Waals surface area contributed by atoms with Gasteiger partial charge in [0, 0.05) is 26.1 Å². The summed E-state index contributed by atoms with van der Waals surface area (Å²) in [5.41, 5.74) is -1.27. The maximum Gasteiger partial charge on any atom is 0.330 e. The molecule has 2 N–H and O–H groups in total. The molecule has 2 aromatic rings. The molecular formula is C24H33N5O5. The third-order valence-corrected chi connectivity index (χ3v) is 8.11. The summed E-state index contributed by atoms with van der Waals surface area (Å²) in [6.45, 7) is 3.94. The Morgan fingerprint density at radius 2 is 1.91 bits per heavy atom. The molecule has 4 saturated carbocycles. The van der Waals surface area contributed by atoms with Gasteiger partial charge >= 0.3 is 11.7 Å². The molecule has 4 aliphatic rings. The Morgan fingerprint density at radius 3 is 2.56 bits per heavy atom. The lowest BCUT2D eigenvalue weighted by atomic mass is 9.47. The van der Waals surface area contributed by atoms with E-state index in [0.29, 0.717) is 41.8 Å². The molecule has 4 fully saturated rings. The number of imidazole rings is 1. The summed E-state index contributed by atoms with van der Waals surface area (Å²) in [7, 11) is 1.69. The zero-order valence-corrected chi connectivity index (χ0v) is 20.1. The fraction of sp³-hybridized carbons (Fsp3) is 0.708. The van der Waals surface area contributed by atoms with Crippen molar-refractivity contribution in [1.82, 2.24) is 24.4 Å². The minimum Gasteiger partial charge on any atom is -0.457 e. The Bertz CT molecular complexity index is 1260. The van der Waals surface area contributed by atoms with E-state index in [1.165, 1.54) is 11.5 Å². The first-order chi connectivity index (χ1) is 16.2. The number of unbranched alkanes of at least 4 members (excludes halogenated alkanes) is 1. The molecule has 1 amide bonds. The highest BCUT2D eigenvalue weighted by Crippen LogP contribution is 2.62. The van der Waals surface area contributed by atoms with Crippen LogP contribution in [-0.4, -0.2) is 36.5 Å². The molecule has 10 nitrogen and oxygen atoms in total. The molecule has 34 heavy (non-hydrogen) atoms. The molecule has 0 saturated heterocycles. The van der Waals surface area contributed by atoms with Gasteiger partial charge in [0.25, 0.3) is 5.56 Å². The van der Waals surface area contributed by atoms with Crippen molar-refractivity contribution in [3.8, 4) is 0 Å². The van der Waals surface area contributed by atoms with Gasteiger partial charge in [-0.05, 0) is 56.8 Å². The van der Waals surface area contributed by atoms with Gasteiger partial charge in [-0.2, -0.15) is 0 Å². The van der Waals surface area contributed by atoms with Gasteiger partial charge in [-0.25, -0.2) is 9.78 Å². The smallest absolute Gasteiger partial charge is 0.330 e. The van der Waals surface area contributed by atoms with E-state index in [1.54, 1.807) is 11.6 Å². The number of hydrogen-bond donors (Lipinski definition) is 2. The Kier molecular flexibility index (Phi) is 5.44. The van der Waals surface area contributed by atoms with E-state index in [9.17, 15) is 19.2 Å². The van der Waals surface area contributed by atoms with Gasteiger partial charge in [-0.1, -0.05) is 13.3 Å². The number of ether oxygens (including phenoxy) is 1. The van der Waals surface area contributed by atoms with E-state index in [-0.39, 0.29) is 24.0 Å². The standard InChI is InChI=1S/C24H33N5O5/c1-4-5-6-29-19-18(20(31)26-22(29)33)28(3)17(25-19)12-34-21(32)23-8-15-7-16(9-23)11-24(10-15,13-23)27-14(2)30/h15-16H,4-13H2,1-3H3,(H,27,30)(H,26,31,33). The second-order valence-electron chi connectivity index (χ2n) is 10.8. The molecule has 2 unspecified atom stereocenters. The Hall–Kier alpha value is -2.91. The first-order valence-electron chi connectivity index (χ1n) is 12.3. The predicted molar refractivity (Wildman–Crippen MR) is 124 cm³/mol. The number of nitrogens with one attached hydrogen (secondary N) is 2. The van der Waals surface area contributed by atoms with E-state index < -0.39 is 16.7 Å². The summed E-state index contributed by atoms with van der Waals surface area (Å²) in [6.07, 6.45) is 6.85. The van der Waals surface area contributed by atoms with Gasteiger partial charge in [-0.3, -0.25) is 23.9 Å². The number of aryl methyl sites for hydroxylation is 2. The number of carbonyl (C=O) groups is 2. The monoisotopic (exact) mass is 471 g/mol. The third kappa shape index (κ3) is 3.67. The maximum absolute atomic E-state index is 13.5. The van der Waals surface area contributed by atoms with Crippen molar-refractivity contribution in [3.05, 3.63) is 26.7 Å². The molecule has 184 valence electrons. The summed E-state index contributed by atoms with van der Waals surface area (Å²) in [5, 5.41) is 3.17. The van der Waals surface area contributed by atoms with Crippen LogP contribution in [0.3, 0.4) is 0 Å². The van der Waals surface area contributed by atoms with Crippen molar-refractivity contribution in [2.75, 3.05) is 0 Å². The molecule has 0 aromatic carbocycles. The number of esters is 1. The van der Waals surface area contributed by atoms with Gasteiger partial charge < -0.3 is 14.6 Å². The van der Waals surface area contributed by atoms with Crippen LogP contribution in [0.15, 0.2) is 9.59 Å². The number of nitrogens with zero attached hydrogens (tertiary/aromatic N) is 3. The lowest BCUT2D eigenvalue weighted by molar-refractivity contribution is -0.177. The first-order valence-corrected chi connectivity index (χ1v) is 12.3. The van der Waals surface area contributed by atoms with Crippen LogP contribution in [0, 0.1) is 17.3 Å². The summed E-state index contributed by atoms with van der Waals surface area (Å²) in [4.78, 5) is 57.1. The van der Waals surface area contributed by atoms with Crippen molar-refractivity contribution in [1.29, 1.82) is 0 Å². The van der Waals surface area contributed by atoms with Crippen molar-refractivity contribution < 1.29 is 14.3 Å². The number of rotatable bonds is 7. The fourth-order valence-electron chi connectivity index (χ4n) is 7.25. The number of fused-ring (bicyclic) bond motifs is 1. The van der Waals surface area contributed by atoms with E-state index >= 15 is 0 Å². The van der Waals surface area contributed by atoms with Gasteiger partial charge in [0.1, 0.15) is 12.4 Å². The van der Waals surface area contributed by atoms with Crippen LogP contribution in [0.2, 0.25) is 0 Å². The number of aromatic amines is 1. The molecular weight excluding hydrogens is 438 g/mol. The number of H-pyrrole nitrogens is 1. The summed E-state index contributed by atoms with van der Waals surface area (Å²) >= 11 is 0. The number of carbonyl (C=O) groups excluding carboxylic acids is 2. The molecule has 0 spiro atoms. The van der Waals surface area contributed by atoms with Crippen LogP contribution >= 0.6 is 0 Å². The molecule has 2 aromatic heterocycles. The molecule has 10 heteroatoms. The molecule has 4 bridgehead atoms. The van der Waals surface area contributed by atoms with Crippen LogP contribution in [0.25, 0.3) is 11.2 Å². The Morgan fingerprint density at radius 1 is 1.21 bits per heavy atom. The molecule has 2 heterocycles. The van der Waals surface area contributed by atoms with Crippen LogP contribution in [0.5, 0.6) is 0 Å². The van der Waals surface area contributed by atoms with E-state index in [2.05, 4.69) is 15.3 Å². The van der Waals surface area contributed by atoms with E-state index in [0.717, 1.165) is 44.9 Å². The second-order valence-corrected chi connectivity index (χ2v) is 10.8. The van der Waals surface area contributed by atoms with Gasteiger partial charge in [0.15, 0.2) is 11.2 Å². The lowest BCUT2D eigenvalue weighted by Crippen LogP contribution is -2.64. The van der Waals surface area contributed by atoms with E-state index in [1.807, 2.05) is 6.92 Å². The lowest BCUT2D eigenvalue weighted by Gasteiger charge is -2.60. The zero-order valence-electron chi connectivity index (χ0n) is 20.1. The van der Waals surface area contributed by atoms with Crippen molar-refractivity contribution in [2.24, 2.45) is 24.3 Å². The largest absolute Gasteiger partial charge is 0.457 e. The van der Waals surface area contributed by atoms with Crippen molar-refractivity contribution in [3.63, 3.8) is 0 Å². The van der Waals surface area contributed by atoms with Gasteiger partial charge in [-0.15, -0.1) is 0 Å². The number of hydrogen-bond acceptors (Lipinski definition) is 6. The molecule has 4 aliphatic carbocycles. The summed E-state index contributed by atoms with van der Waals surface area (Å²) in [5.74, 6) is 0.960. The Labute approximate surface area is 197 Å². The quantitative estimate of drug-likeness (QED) is 0.592. The van der Waals surface area contributed by atoms with Crippen molar-refractivity contribution >= 4 is 23.0 Å². The normalized spacial score (nSPS) is 29.5. The predicted octanol–water partition coefficient (Wildman–Crippen LogP) is 1.74. The SMILES string of the molecule is CCCCn1c(=O)[nH]c(=O)c2c1nc(COC(=O)C13CC4CC(CC(NC(C)=O)(C4)C1)C3)n2C. The highest BCUT2D eigenvalue weighted by molar-refractivity contribution is 5.79. The van der Waals surface area contributed by atoms with Gasteiger partial charge in [0.2, 0.25) is 5.91 Å². The number of amides is 1. The second kappa shape index (κ2) is 8.09. The van der Waals surface area contributed by atoms with Crippen LogP contribution in [-0.2, 0) is 34.5 Å². The molecule has 0 aliphatic heterocycles. The maximum atomic E-state index is 13.5. The average Bonchev–Trinajstić information content (AvgIpc) is 3.06. The summed E-state index contributed by atoms with van der Waals surface area (Å²) in [6, 6.07) is 0. The average molecular weight is 472 g/mol. The van der Waals surface area contributed by atoms with Crippen molar-refractivity contribution in [2.45, 2.75) is 83.9 Å². The first kappa shape index (κ1) is 22.9. The highest BCUT2D eigenvalue weighted by Gasteiger charge is 2.61. The van der Waals surface area contributed by atoms with Crippen LogP contribution in [0.4, 0.5) is 0 Å². The van der Waals surface area contributed by atoms with Crippen LogP contribution in [0.1, 0.15) is 71.0 Å². The van der Waals surface area contributed by atoms with Gasteiger partial charge in [0.05, 0.1) is 5.41 Å². The molecule has 6 rings (SSSR count). The minimum atomic E-state index is -0.585.